The van der Waals surface area contributed by atoms with E-state index < -0.39 is 0 Å². The van der Waals surface area contributed by atoms with Crippen LogP contribution in [0.3, 0.4) is 0 Å². The van der Waals surface area contributed by atoms with Gasteiger partial charge in [-0.05, 0) is 42.7 Å². The maximum Gasteiger partial charge on any atom is -0.0245 e. The molecule has 245 valence electrons. The first-order chi connectivity index (χ1) is 20.8. The van der Waals surface area contributed by atoms with Gasteiger partial charge in [0.15, 0.2) is 0 Å². The fraction of sp³-hybridized carbons (Fsp3) is 0.833. The Labute approximate surface area is 267 Å². The SMILES string of the molecule is CCCCCCCCCCCCCCCCCCCCCCCCCCCc1ccc(C[CH]C(C)CCCCC)cc1. The summed E-state index contributed by atoms with van der Waals surface area (Å²) in [7, 11) is 0. The Hall–Kier alpha value is -0.780. The Balaban J connectivity index is 1.77. The van der Waals surface area contributed by atoms with E-state index >= 15 is 0 Å². The summed E-state index contributed by atoms with van der Waals surface area (Å²) in [4.78, 5) is 0. The summed E-state index contributed by atoms with van der Waals surface area (Å²) >= 11 is 0. The fourth-order valence-corrected chi connectivity index (χ4v) is 6.48. The third-order valence-electron chi connectivity index (χ3n) is 9.61. The number of aryl methyl sites for hydroxylation is 1. The number of benzene rings is 1. The van der Waals surface area contributed by atoms with Crippen molar-refractivity contribution in [3.63, 3.8) is 0 Å². The minimum atomic E-state index is 0.750. The van der Waals surface area contributed by atoms with Gasteiger partial charge >= 0.3 is 0 Å². The van der Waals surface area contributed by atoms with Gasteiger partial charge in [0, 0.05) is 0 Å². The second-order valence-corrected chi connectivity index (χ2v) is 14.0. The highest BCUT2D eigenvalue weighted by Gasteiger charge is 2.04. The maximum atomic E-state index is 2.52. The number of unbranched alkanes of at least 4 members (excludes halogenated alkanes) is 26. The highest BCUT2D eigenvalue weighted by atomic mass is 14.1. The molecular formula is C42H77. The van der Waals surface area contributed by atoms with Crippen molar-refractivity contribution in [2.24, 2.45) is 5.92 Å². The summed E-state index contributed by atoms with van der Waals surface area (Å²) in [6.07, 6.45) is 46.9. The van der Waals surface area contributed by atoms with Crippen molar-refractivity contribution in [3.05, 3.63) is 41.8 Å². The third kappa shape index (κ3) is 26.8. The monoisotopic (exact) mass is 582 g/mol. The zero-order valence-electron chi connectivity index (χ0n) is 29.4. The molecular weight excluding hydrogens is 504 g/mol. The largest absolute Gasteiger partial charge is 0.0654 e. The maximum absolute atomic E-state index is 2.52. The normalized spacial score (nSPS) is 12.3. The van der Waals surface area contributed by atoms with Gasteiger partial charge in [-0.1, -0.05) is 225 Å². The van der Waals surface area contributed by atoms with Gasteiger partial charge in [0.25, 0.3) is 0 Å². The van der Waals surface area contributed by atoms with E-state index in [1.807, 2.05) is 0 Å². The number of hydrogen-bond donors (Lipinski definition) is 0. The molecule has 0 heteroatoms. The fourth-order valence-electron chi connectivity index (χ4n) is 6.48. The molecule has 1 unspecified atom stereocenters. The smallest absolute Gasteiger partial charge is 0.0245 e. The second kappa shape index (κ2) is 31.6. The summed E-state index contributed by atoms with van der Waals surface area (Å²) in [6, 6.07) is 9.49. The van der Waals surface area contributed by atoms with Gasteiger partial charge < -0.3 is 0 Å². The minimum absolute atomic E-state index is 0.750. The molecule has 0 fully saturated rings. The van der Waals surface area contributed by atoms with Crippen molar-refractivity contribution >= 4 is 0 Å². The lowest BCUT2D eigenvalue weighted by atomic mass is 9.95. The van der Waals surface area contributed by atoms with Crippen LogP contribution < -0.4 is 0 Å². The summed E-state index contributed by atoms with van der Waals surface area (Å²) in [5.74, 6) is 0.750. The Bertz CT molecular complexity index is 628. The van der Waals surface area contributed by atoms with E-state index in [1.165, 1.54) is 204 Å². The lowest BCUT2D eigenvalue weighted by Crippen LogP contribution is -1.99. The molecule has 1 rings (SSSR count). The Kier molecular flexibility index (Phi) is 29.6. The van der Waals surface area contributed by atoms with Crippen molar-refractivity contribution in [3.8, 4) is 0 Å². The number of hydrogen-bond acceptors (Lipinski definition) is 0. The Morgan fingerprint density at radius 1 is 0.405 bits per heavy atom. The van der Waals surface area contributed by atoms with Gasteiger partial charge in [-0.3, -0.25) is 0 Å². The van der Waals surface area contributed by atoms with E-state index in [4.69, 9.17) is 0 Å². The van der Waals surface area contributed by atoms with Crippen LogP contribution in [0, 0.1) is 12.3 Å². The van der Waals surface area contributed by atoms with Crippen LogP contribution in [0.1, 0.15) is 218 Å². The molecule has 1 aromatic carbocycles. The quantitative estimate of drug-likeness (QED) is 0.0724. The van der Waals surface area contributed by atoms with Crippen LogP contribution in [0.5, 0.6) is 0 Å². The molecule has 1 aromatic rings. The van der Waals surface area contributed by atoms with Crippen molar-refractivity contribution in [1.29, 1.82) is 0 Å². The lowest BCUT2D eigenvalue weighted by Gasteiger charge is -2.11. The molecule has 0 heterocycles. The molecule has 1 radical (unpaired) electrons. The molecule has 1 atom stereocenters. The molecule has 0 N–H and O–H groups in total. The molecule has 0 aliphatic rings. The molecule has 0 aromatic heterocycles. The summed E-state index contributed by atoms with van der Waals surface area (Å²) in [5.41, 5.74) is 3.01. The zero-order chi connectivity index (χ0) is 30.2. The van der Waals surface area contributed by atoms with Crippen LogP contribution in [-0.2, 0) is 12.8 Å². The first-order valence-electron chi connectivity index (χ1n) is 19.7. The summed E-state index contributed by atoms with van der Waals surface area (Å²) in [6.45, 7) is 6.98. The molecule has 0 spiro atoms. The van der Waals surface area contributed by atoms with Gasteiger partial charge in [-0.15, -0.1) is 0 Å². The molecule has 0 amide bonds. The van der Waals surface area contributed by atoms with Gasteiger partial charge in [0.2, 0.25) is 0 Å². The van der Waals surface area contributed by atoms with Crippen LogP contribution in [0.2, 0.25) is 0 Å². The molecule has 0 aliphatic carbocycles. The molecule has 0 bridgehead atoms. The summed E-state index contributed by atoms with van der Waals surface area (Å²) < 4.78 is 0. The van der Waals surface area contributed by atoms with Crippen LogP contribution in [0.25, 0.3) is 0 Å². The van der Waals surface area contributed by atoms with E-state index in [2.05, 4.69) is 51.5 Å². The average molecular weight is 582 g/mol. The second-order valence-electron chi connectivity index (χ2n) is 14.0. The first-order valence-corrected chi connectivity index (χ1v) is 19.7. The lowest BCUT2D eigenvalue weighted by molar-refractivity contribution is 0.516. The van der Waals surface area contributed by atoms with Crippen molar-refractivity contribution in [2.45, 2.75) is 220 Å². The van der Waals surface area contributed by atoms with Gasteiger partial charge in [0.05, 0.1) is 0 Å². The van der Waals surface area contributed by atoms with E-state index in [9.17, 15) is 0 Å². The van der Waals surface area contributed by atoms with Crippen molar-refractivity contribution in [1.82, 2.24) is 0 Å². The number of rotatable bonds is 33. The first kappa shape index (κ1) is 39.2. The third-order valence-corrected chi connectivity index (χ3v) is 9.61. The molecule has 0 saturated carbocycles. The van der Waals surface area contributed by atoms with Crippen LogP contribution in [0.15, 0.2) is 24.3 Å². The standard InChI is InChI=1S/C42H77/c1-4-6-8-9-10-11-12-13-14-15-16-17-18-19-20-21-22-23-24-25-26-27-28-29-31-33-41-36-38-42(39-37-41)35-34-40(3)32-30-7-5-2/h34,36-40H,4-33,35H2,1-3H3. The molecule has 0 nitrogen and oxygen atoms in total. The van der Waals surface area contributed by atoms with Crippen LogP contribution in [0.4, 0.5) is 0 Å². The van der Waals surface area contributed by atoms with Crippen LogP contribution >= 0.6 is 0 Å². The topological polar surface area (TPSA) is 0 Å². The van der Waals surface area contributed by atoms with E-state index in [1.54, 1.807) is 0 Å². The van der Waals surface area contributed by atoms with Gasteiger partial charge in [0.1, 0.15) is 0 Å². The van der Waals surface area contributed by atoms with E-state index in [0.717, 1.165) is 12.3 Å². The predicted octanol–water partition coefficient (Wildman–Crippen LogP) is 15.0. The van der Waals surface area contributed by atoms with Crippen LogP contribution in [-0.4, -0.2) is 0 Å². The minimum Gasteiger partial charge on any atom is -0.0654 e. The predicted molar refractivity (Wildman–Crippen MR) is 193 cm³/mol. The highest BCUT2D eigenvalue weighted by Crippen LogP contribution is 2.18. The molecule has 42 heavy (non-hydrogen) atoms. The van der Waals surface area contributed by atoms with E-state index in [0.29, 0.717) is 0 Å². The van der Waals surface area contributed by atoms with E-state index in [-0.39, 0.29) is 0 Å². The van der Waals surface area contributed by atoms with Gasteiger partial charge in [-0.2, -0.15) is 0 Å². The Morgan fingerprint density at radius 2 is 0.714 bits per heavy atom. The molecule has 0 saturated heterocycles. The highest BCUT2D eigenvalue weighted by molar-refractivity contribution is 5.23. The molecule has 0 aliphatic heterocycles. The Morgan fingerprint density at radius 3 is 1.10 bits per heavy atom. The zero-order valence-corrected chi connectivity index (χ0v) is 29.4. The van der Waals surface area contributed by atoms with Crippen molar-refractivity contribution in [2.75, 3.05) is 0 Å². The summed E-state index contributed by atoms with van der Waals surface area (Å²) in [5, 5.41) is 0. The van der Waals surface area contributed by atoms with Crippen molar-refractivity contribution < 1.29 is 0 Å². The average Bonchev–Trinajstić information content (AvgIpc) is 3.00. The van der Waals surface area contributed by atoms with Gasteiger partial charge in [-0.25, -0.2) is 0 Å².